The average molecular weight is 363 g/mol. The number of imidazole rings is 1. The minimum absolute atomic E-state index is 0.00567. The van der Waals surface area contributed by atoms with Crippen LogP contribution >= 0.6 is 0 Å². The first-order valence-corrected chi connectivity index (χ1v) is 9.41. The number of nitrogens with one attached hydrogen (secondary N) is 1. The van der Waals surface area contributed by atoms with Crippen LogP contribution in [0.1, 0.15) is 19.3 Å². The van der Waals surface area contributed by atoms with Crippen molar-refractivity contribution in [2.45, 2.75) is 25.8 Å². The Morgan fingerprint density at radius 3 is 2.85 bits per heavy atom. The molecule has 2 aliphatic rings. The Morgan fingerprint density at radius 2 is 2.15 bits per heavy atom. The number of carbonyl (C=O) groups excluding carboxylic acids is 2. The molecule has 1 N–H and O–H groups in total. The van der Waals surface area contributed by atoms with Gasteiger partial charge in [0, 0.05) is 71.1 Å². The minimum Gasteiger partial charge on any atom is -0.383 e. The van der Waals surface area contributed by atoms with Crippen LogP contribution in [-0.4, -0.2) is 77.7 Å². The highest BCUT2D eigenvalue weighted by Gasteiger charge is 2.30. The highest BCUT2D eigenvalue weighted by Crippen LogP contribution is 2.20. The molecule has 8 heteroatoms. The van der Waals surface area contributed by atoms with Crippen LogP contribution in [0.25, 0.3) is 0 Å². The Labute approximate surface area is 154 Å². The van der Waals surface area contributed by atoms with Crippen molar-refractivity contribution in [3.8, 4) is 0 Å². The lowest BCUT2D eigenvalue weighted by atomic mass is 9.97. The zero-order valence-corrected chi connectivity index (χ0v) is 15.5. The molecule has 3 amide bonds. The second kappa shape index (κ2) is 9.02. The van der Waals surface area contributed by atoms with Gasteiger partial charge in [-0.15, -0.1) is 0 Å². The van der Waals surface area contributed by atoms with Crippen LogP contribution in [0.15, 0.2) is 18.7 Å². The van der Waals surface area contributed by atoms with E-state index in [1.165, 1.54) is 0 Å². The van der Waals surface area contributed by atoms with E-state index in [1.807, 2.05) is 22.3 Å². The molecule has 0 aliphatic carbocycles. The topological polar surface area (TPSA) is 79.7 Å². The molecule has 2 aliphatic heterocycles. The molecule has 1 atom stereocenters. The van der Waals surface area contributed by atoms with Gasteiger partial charge in [0.05, 0.1) is 12.9 Å². The van der Waals surface area contributed by atoms with Gasteiger partial charge in [-0.3, -0.25) is 4.79 Å². The summed E-state index contributed by atoms with van der Waals surface area (Å²) in [5.41, 5.74) is 0. The number of ether oxygens (including phenoxy) is 1. The lowest BCUT2D eigenvalue weighted by molar-refractivity contribution is -0.128. The van der Waals surface area contributed by atoms with Crippen molar-refractivity contribution in [2.24, 2.45) is 11.8 Å². The Morgan fingerprint density at radius 1 is 1.35 bits per heavy atom. The molecule has 0 radical (unpaired) electrons. The summed E-state index contributed by atoms with van der Waals surface area (Å²) in [5, 5.41) is 3.01. The monoisotopic (exact) mass is 363 g/mol. The van der Waals surface area contributed by atoms with Gasteiger partial charge in [-0.05, 0) is 18.8 Å². The predicted octanol–water partition coefficient (Wildman–Crippen LogP) is 0.800. The third-order valence-corrected chi connectivity index (χ3v) is 5.33. The Hall–Kier alpha value is -2.09. The second-order valence-corrected chi connectivity index (χ2v) is 7.28. The predicted molar refractivity (Wildman–Crippen MR) is 96.5 cm³/mol. The summed E-state index contributed by atoms with van der Waals surface area (Å²) in [5.74, 6) is 0.943. The van der Waals surface area contributed by atoms with Gasteiger partial charge >= 0.3 is 6.03 Å². The lowest BCUT2D eigenvalue weighted by Crippen LogP contribution is -2.46. The summed E-state index contributed by atoms with van der Waals surface area (Å²) in [4.78, 5) is 32.1. The van der Waals surface area contributed by atoms with Crippen molar-refractivity contribution in [1.29, 1.82) is 0 Å². The zero-order chi connectivity index (χ0) is 18.4. The molecule has 0 unspecified atom stereocenters. The van der Waals surface area contributed by atoms with E-state index in [-0.39, 0.29) is 17.9 Å². The molecule has 0 saturated carbocycles. The summed E-state index contributed by atoms with van der Waals surface area (Å²) in [6.45, 7) is 4.99. The Kier molecular flexibility index (Phi) is 6.49. The lowest BCUT2D eigenvalue weighted by Gasteiger charge is -2.32. The van der Waals surface area contributed by atoms with Gasteiger partial charge in [-0.25, -0.2) is 9.78 Å². The van der Waals surface area contributed by atoms with Gasteiger partial charge in [0.1, 0.15) is 0 Å². The van der Waals surface area contributed by atoms with Gasteiger partial charge in [0.15, 0.2) is 0 Å². The molecule has 1 aromatic rings. The number of amides is 3. The van der Waals surface area contributed by atoms with Crippen molar-refractivity contribution >= 4 is 11.9 Å². The number of hydrogen-bond acceptors (Lipinski definition) is 4. The van der Waals surface area contributed by atoms with Crippen molar-refractivity contribution in [3.63, 3.8) is 0 Å². The van der Waals surface area contributed by atoms with Crippen molar-refractivity contribution in [2.75, 3.05) is 46.4 Å². The van der Waals surface area contributed by atoms with Gasteiger partial charge in [-0.2, -0.15) is 0 Å². The third kappa shape index (κ3) is 4.97. The van der Waals surface area contributed by atoms with E-state index in [4.69, 9.17) is 4.74 Å². The highest BCUT2D eigenvalue weighted by molar-refractivity contribution is 5.79. The van der Waals surface area contributed by atoms with E-state index in [9.17, 15) is 9.59 Å². The largest absolute Gasteiger partial charge is 0.383 e. The van der Waals surface area contributed by atoms with E-state index in [0.29, 0.717) is 38.6 Å². The van der Waals surface area contributed by atoms with Crippen LogP contribution < -0.4 is 5.32 Å². The quantitative estimate of drug-likeness (QED) is 0.777. The maximum absolute atomic E-state index is 12.4. The zero-order valence-electron chi connectivity index (χ0n) is 15.5. The van der Waals surface area contributed by atoms with Crippen molar-refractivity contribution in [3.05, 3.63) is 18.7 Å². The van der Waals surface area contributed by atoms with Crippen LogP contribution in [0.2, 0.25) is 0 Å². The first kappa shape index (κ1) is 18.7. The SMILES string of the molecule is COCCN1C[C@H](CNC(=O)N2CCC(Cn3ccnc3)CC2)CC1=O. The highest BCUT2D eigenvalue weighted by atomic mass is 16.5. The first-order chi connectivity index (χ1) is 12.7. The van der Waals surface area contributed by atoms with E-state index in [0.717, 1.165) is 32.5 Å². The number of carbonyl (C=O) groups is 2. The Bertz CT molecular complexity index is 584. The van der Waals surface area contributed by atoms with E-state index >= 15 is 0 Å². The smallest absolute Gasteiger partial charge is 0.317 e. The standard InChI is InChI=1S/C18H29N5O3/c1-26-9-8-23-13-16(10-17(23)24)11-20-18(25)22-5-2-15(3-6-22)12-21-7-4-19-14-21/h4,7,14-16H,2-3,5-6,8-13H2,1H3,(H,20,25)/t16-/m0/s1. The minimum atomic E-state index is -0.00567. The number of nitrogens with zero attached hydrogens (tertiary/aromatic N) is 4. The number of hydrogen-bond donors (Lipinski definition) is 1. The average Bonchev–Trinajstić information content (AvgIpc) is 3.28. The maximum atomic E-state index is 12.4. The molecule has 8 nitrogen and oxygen atoms in total. The van der Waals surface area contributed by atoms with Crippen LogP contribution in [0.4, 0.5) is 4.79 Å². The van der Waals surface area contributed by atoms with Crippen LogP contribution in [0.3, 0.4) is 0 Å². The third-order valence-electron chi connectivity index (χ3n) is 5.33. The number of likely N-dealkylation sites (tertiary alicyclic amines) is 2. The molecule has 3 rings (SSSR count). The van der Waals surface area contributed by atoms with Crippen LogP contribution in [0.5, 0.6) is 0 Å². The van der Waals surface area contributed by atoms with Gasteiger partial charge in [-0.1, -0.05) is 0 Å². The normalized spacial score (nSPS) is 21.4. The molecular weight excluding hydrogens is 334 g/mol. The number of rotatable bonds is 7. The number of urea groups is 1. The van der Waals surface area contributed by atoms with E-state index < -0.39 is 0 Å². The molecule has 3 heterocycles. The molecular formula is C18H29N5O3. The fourth-order valence-electron chi connectivity index (χ4n) is 3.76. The maximum Gasteiger partial charge on any atom is 0.317 e. The summed E-state index contributed by atoms with van der Waals surface area (Å²) < 4.78 is 7.14. The molecule has 1 aromatic heterocycles. The summed E-state index contributed by atoms with van der Waals surface area (Å²) >= 11 is 0. The van der Waals surface area contributed by atoms with Gasteiger partial charge < -0.3 is 24.4 Å². The fourth-order valence-corrected chi connectivity index (χ4v) is 3.76. The first-order valence-electron chi connectivity index (χ1n) is 9.41. The van der Waals surface area contributed by atoms with E-state index in [1.54, 1.807) is 13.3 Å². The molecule has 144 valence electrons. The van der Waals surface area contributed by atoms with E-state index in [2.05, 4.69) is 14.9 Å². The molecule has 0 spiro atoms. The van der Waals surface area contributed by atoms with Gasteiger partial charge in [0.2, 0.25) is 5.91 Å². The van der Waals surface area contributed by atoms with Crippen LogP contribution in [0, 0.1) is 11.8 Å². The number of piperidine rings is 1. The van der Waals surface area contributed by atoms with Crippen molar-refractivity contribution < 1.29 is 14.3 Å². The Balaban J connectivity index is 1.35. The molecule has 0 bridgehead atoms. The summed E-state index contributed by atoms with van der Waals surface area (Å²) in [6, 6.07) is -0.00567. The molecule has 2 fully saturated rings. The molecule has 26 heavy (non-hydrogen) atoms. The fraction of sp³-hybridized carbons (Fsp3) is 0.722. The summed E-state index contributed by atoms with van der Waals surface area (Å²) in [7, 11) is 1.64. The molecule has 0 aromatic carbocycles. The van der Waals surface area contributed by atoms with Crippen molar-refractivity contribution in [1.82, 2.24) is 24.7 Å². The number of methoxy groups -OCH3 is 1. The molecule has 2 saturated heterocycles. The van der Waals surface area contributed by atoms with Gasteiger partial charge in [0.25, 0.3) is 0 Å². The summed E-state index contributed by atoms with van der Waals surface area (Å²) in [6.07, 6.45) is 8.16. The second-order valence-electron chi connectivity index (χ2n) is 7.28. The number of aromatic nitrogens is 2. The van der Waals surface area contributed by atoms with Crippen LogP contribution in [-0.2, 0) is 16.1 Å².